The Labute approximate surface area is 127 Å². The third-order valence-electron chi connectivity index (χ3n) is 2.71. The highest BCUT2D eigenvalue weighted by Crippen LogP contribution is 2.11. The number of hydrogen-bond acceptors (Lipinski definition) is 5. The molecule has 0 radical (unpaired) electrons. The zero-order valence-corrected chi connectivity index (χ0v) is 13.8. The molecule has 0 unspecified atom stereocenters. The van der Waals surface area contributed by atoms with Crippen molar-refractivity contribution in [2.75, 3.05) is 14.1 Å². The third kappa shape index (κ3) is 4.01. The molecule has 0 spiro atoms. The number of aliphatic imine (C=N–C) groups is 1. The summed E-state index contributed by atoms with van der Waals surface area (Å²) < 4.78 is 0. The van der Waals surface area contributed by atoms with Crippen molar-refractivity contribution in [1.82, 2.24) is 20.2 Å². The molecule has 0 saturated heterocycles. The van der Waals surface area contributed by atoms with E-state index in [1.807, 2.05) is 20.2 Å². The topological polar surface area (TPSA) is 53.4 Å². The first kappa shape index (κ1) is 14.9. The Hall–Kier alpha value is -1.47. The number of nitrogens with zero attached hydrogens (tertiary/aromatic N) is 4. The van der Waals surface area contributed by atoms with Gasteiger partial charge in [0.2, 0.25) is 0 Å². The molecular weight excluding hydrogens is 290 g/mol. The van der Waals surface area contributed by atoms with Gasteiger partial charge in [-0.25, -0.2) is 9.97 Å². The summed E-state index contributed by atoms with van der Waals surface area (Å²) in [5, 5.41) is 7.58. The second-order valence-electron chi connectivity index (χ2n) is 4.48. The van der Waals surface area contributed by atoms with Crippen LogP contribution in [0.3, 0.4) is 0 Å². The molecule has 0 aliphatic heterocycles. The van der Waals surface area contributed by atoms with Crippen LogP contribution in [0.4, 0.5) is 0 Å². The minimum Gasteiger partial charge on any atom is -0.350 e. The quantitative estimate of drug-likeness (QED) is 0.696. The average Bonchev–Trinajstić information content (AvgIpc) is 2.99. The fraction of sp³-hybridized carbons (Fsp3) is 0.462. The molecule has 0 aliphatic rings. The number of thiazole rings is 2. The van der Waals surface area contributed by atoms with Gasteiger partial charge in [-0.3, -0.25) is 4.99 Å². The minimum absolute atomic E-state index is 0.700. The molecule has 0 bridgehead atoms. The molecule has 2 heterocycles. The van der Waals surface area contributed by atoms with E-state index in [2.05, 4.69) is 37.5 Å². The first-order valence-corrected chi connectivity index (χ1v) is 8.02. The number of aryl methyl sites for hydroxylation is 2. The van der Waals surface area contributed by atoms with Crippen LogP contribution in [-0.2, 0) is 13.1 Å². The molecule has 7 heteroatoms. The molecule has 1 N–H and O–H groups in total. The SMILES string of the molecule is CN=C(NCc1ncc(C)s1)N(C)Cc1csc(C)n1. The highest BCUT2D eigenvalue weighted by molar-refractivity contribution is 7.11. The summed E-state index contributed by atoms with van der Waals surface area (Å²) in [6.45, 7) is 5.53. The summed E-state index contributed by atoms with van der Waals surface area (Å²) in [5.41, 5.74) is 1.07. The van der Waals surface area contributed by atoms with Gasteiger partial charge in [0.05, 0.1) is 23.8 Å². The van der Waals surface area contributed by atoms with Crippen LogP contribution < -0.4 is 5.32 Å². The largest absolute Gasteiger partial charge is 0.350 e. The van der Waals surface area contributed by atoms with E-state index in [0.29, 0.717) is 6.54 Å². The highest BCUT2D eigenvalue weighted by Gasteiger charge is 2.09. The lowest BCUT2D eigenvalue weighted by molar-refractivity contribution is 0.470. The predicted octanol–water partition coefficient (Wildman–Crippen LogP) is 2.42. The number of hydrogen-bond donors (Lipinski definition) is 1. The molecule has 0 atom stereocenters. The third-order valence-corrected chi connectivity index (χ3v) is 4.44. The van der Waals surface area contributed by atoms with Gasteiger partial charge in [-0.2, -0.15) is 0 Å². The summed E-state index contributed by atoms with van der Waals surface area (Å²) in [5.74, 6) is 0.850. The smallest absolute Gasteiger partial charge is 0.194 e. The Bertz CT molecular complexity index is 587. The molecule has 2 rings (SSSR count). The van der Waals surface area contributed by atoms with Crippen LogP contribution in [0.15, 0.2) is 16.6 Å². The lowest BCUT2D eigenvalue weighted by Crippen LogP contribution is -2.38. The molecular formula is C13H19N5S2. The maximum absolute atomic E-state index is 4.47. The van der Waals surface area contributed by atoms with E-state index in [-0.39, 0.29) is 0 Å². The van der Waals surface area contributed by atoms with Crippen molar-refractivity contribution in [3.63, 3.8) is 0 Å². The van der Waals surface area contributed by atoms with Crippen molar-refractivity contribution in [1.29, 1.82) is 0 Å². The average molecular weight is 309 g/mol. The molecule has 20 heavy (non-hydrogen) atoms. The monoisotopic (exact) mass is 309 g/mol. The van der Waals surface area contributed by atoms with Gasteiger partial charge in [0.25, 0.3) is 0 Å². The van der Waals surface area contributed by atoms with Crippen LogP contribution in [0, 0.1) is 13.8 Å². The number of aromatic nitrogens is 2. The van der Waals surface area contributed by atoms with E-state index in [1.54, 1.807) is 29.7 Å². The van der Waals surface area contributed by atoms with Crippen molar-refractivity contribution in [3.8, 4) is 0 Å². The molecule has 2 aromatic heterocycles. The summed E-state index contributed by atoms with van der Waals surface area (Å²) in [6, 6.07) is 0. The van der Waals surface area contributed by atoms with Crippen molar-refractivity contribution in [2.45, 2.75) is 26.9 Å². The van der Waals surface area contributed by atoms with E-state index >= 15 is 0 Å². The maximum atomic E-state index is 4.47. The maximum Gasteiger partial charge on any atom is 0.194 e. The first-order valence-electron chi connectivity index (χ1n) is 6.32. The molecule has 0 saturated carbocycles. The van der Waals surface area contributed by atoms with Gasteiger partial charge < -0.3 is 10.2 Å². The van der Waals surface area contributed by atoms with Crippen LogP contribution in [0.25, 0.3) is 0 Å². The van der Waals surface area contributed by atoms with E-state index in [9.17, 15) is 0 Å². The van der Waals surface area contributed by atoms with E-state index in [1.165, 1.54) is 4.88 Å². The highest BCUT2D eigenvalue weighted by atomic mass is 32.1. The van der Waals surface area contributed by atoms with Crippen molar-refractivity contribution in [3.05, 3.63) is 32.2 Å². The Morgan fingerprint density at radius 2 is 2.25 bits per heavy atom. The van der Waals surface area contributed by atoms with E-state index < -0.39 is 0 Å². The van der Waals surface area contributed by atoms with E-state index in [0.717, 1.165) is 28.2 Å². The van der Waals surface area contributed by atoms with Crippen molar-refractivity contribution in [2.24, 2.45) is 4.99 Å². The summed E-state index contributed by atoms with van der Waals surface area (Å²) in [6.07, 6.45) is 1.90. The van der Waals surface area contributed by atoms with Gasteiger partial charge in [0.1, 0.15) is 5.01 Å². The van der Waals surface area contributed by atoms with E-state index in [4.69, 9.17) is 0 Å². The summed E-state index contributed by atoms with van der Waals surface area (Å²) >= 11 is 3.37. The fourth-order valence-corrected chi connectivity index (χ4v) is 3.15. The second-order valence-corrected chi connectivity index (χ2v) is 6.86. The summed E-state index contributed by atoms with van der Waals surface area (Å²) in [4.78, 5) is 16.4. The van der Waals surface area contributed by atoms with Gasteiger partial charge in [0, 0.05) is 30.5 Å². The van der Waals surface area contributed by atoms with Gasteiger partial charge in [-0.05, 0) is 13.8 Å². The lowest BCUT2D eigenvalue weighted by atomic mass is 10.4. The zero-order valence-electron chi connectivity index (χ0n) is 12.2. The number of nitrogens with one attached hydrogen (secondary N) is 1. The second kappa shape index (κ2) is 6.81. The Balaban J connectivity index is 1.90. The Kier molecular flexibility index (Phi) is 5.08. The number of rotatable bonds is 4. The van der Waals surface area contributed by atoms with Crippen LogP contribution in [0.1, 0.15) is 20.6 Å². The fourth-order valence-electron chi connectivity index (χ4n) is 1.82. The van der Waals surface area contributed by atoms with Gasteiger partial charge >= 0.3 is 0 Å². The molecule has 108 valence electrons. The van der Waals surface area contributed by atoms with Crippen LogP contribution >= 0.6 is 22.7 Å². The Morgan fingerprint density at radius 1 is 1.45 bits per heavy atom. The lowest BCUT2D eigenvalue weighted by Gasteiger charge is -2.20. The zero-order chi connectivity index (χ0) is 14.5. The van der Waals surface area contributed by atoms with Crippen LogP contribution in [0.5, 0.6) is 0 Å². The van der Waals surface area contributed by atoms with Crippen molar-refractivity contribution >= 4 is 28.6 Å². The standard InChI is InChI=1S/C13H19N5S2/c1-9-5-15-12(20-9)6-16-13(14-3)18(4)7-11-8-19-10(2)17-11/h5,8H,6-7H2,1-4H3,(H,14,16). The molecule has 0 aromatic carbocycles. The molecule has 2 aromatic rings. The molecule has 0 fully saturated rings. The molecule has 0 aliphatic carbocycles. The molecule has 0 amide bonds. The van der Waals surface area contributed by atoms with Gasteiger partial charge in [-0.15, -0.1) is 22.7 Å². The van der Waals surface area contributed by atoms with Crippen molar-refractivity contribution < 1.29 is 0 Å². The summed E-state index contributed by atoms with van der Waals surface area (Å²) in [7, 11) is 3.80. The van der Waals surface area contributed by atoms with Gasteiger partial charge in [0.15, 0.2) is 5.96 Å². The normalized spacial score (nSPS) is 11.7. The minimum atomic E-state index is 0.700. The van der Waals surface area contributed by atoms with Crippen LogP contribution in [0.2, 0.25) is 0 Å². The van der Waals surface area contributed by atoms with Gasteiger partial charge in [-0.1, -0.05) is 0 Å². The Morgan fingerprint density at radius 3 is 2.80 bits per heavy atom. The van der Waals surface area contributed by atoms with Crippen LogP contribution in [-0.4, -0.2) is 34.9 Å². The molecule has 5 nitrogen and oxygen atoms in total. The number of guanidine groups is 1. The first-order chi connectivity index (χ1) is 9.58. The predicted molar refractivity (Wildman–Crippen MR) is 85.4 cm³/mol.